The van der Waals surface area contributed by atoms with E-state index >= 15 is 0 Å². The number of carbonyl (C=O) groups is 1. The van der Waals surface area contributed by atoms with E-state index in [4.69, 9.17) is 14.2 Å². The quantitative estimate of drug-likeness (QED) is 0.429. The first-order valence-electron chi connectivity index (χ1n) is 9.31. The summed E-state index contributed by atoms with van der Waals surface area (Å²) >= 11 is 3.42. The molecule has 0 saturated heterocycles. The molecule has 1 aliphatic rings. The lowest BCUT2D eigenvalue weighted by atomic mass is 10.1. The molecule has 3 aromatic rings. The summed E-state index contributed by atoms with van der Waals surface area (Å²) in [5.74, 6) is 2.13. The molecular formula is C24H19BrO4. The summed E-state index contributed by atoms with van der Waals surface area (Å²) in [4.78, 5) is 12.6. The molecule has 3 aromatic carbocycles. The lowest BCUT2D eigenvalue weighted by molar-refractivity contribution is 0.101. The molecule has 0 spiro atoms. The maximum atomic E-state index is 12.6. The Labute approximate surface area is 177 Å². The van der Waals surface area contributed by atoms with Crippen LogP contribution < -0.4 is 14.2 Å². The Bertz CT molecular complexity index is 1050. The summed E-state index contributed by atoms with van der Waals surface area (Å²) in [5, 5.41) is 0. The number of ether oxygens (including phenoxy) is 3. The van der Waals surface area contributed by atoms with E-state index in [0.29, 0.717) is 36.0 Å². The van der Waals surface area contributed by atoms with Crippen LogP contribution in [0.1, 0.15) is 28.4 Å². The van der Waals surface area contributed by atoms with Crippen molar-refractivity contribution in [2.24, 2.45) is 0 Å². The Kier molecular flexibility index (Phi) is 5.67. The minimum Gasteiger partial charge on any atom is -0.494 e. The van der Waals surface area contributed by atoms with E-state index in [-0.39, 0.29) is 5.78 Å². The Morgan fingerprint density at radius 2 is 1.66 bits per heavy atom. The Balaban J connectivity index is 1.47. The molecule has 4 nitrogen and oxygen atoms in total. The van der Waals surface area contributed by atoms with Gasteiger partial charge in [0.25, 0.3) is 0 Å². The molecule has 0 aliphatic carbocycles. The monoisotopic (exact) mass is 450 g/mol. The zero-order chi connectivity index (χ0) is 20.2. The Hall–Kier alpha value is -3.05. The molecule has 29 heavy (non-hydrogen) atoms. The molecule has 5 heteroatoms. The first-order chi connectivity index (χ1) is 14.1. The fraction of sp³-hybridized carbons (Fsp3) is 0.125. The predicted molar refractivity (Wildman–Crippen MR) is 115 cm³/mol. The van der Waals surface area contributed by atoms with Crippen LogP contribution in [0.25, 0.3) is 6.08 Å². The van der Waals surface area contributed by atoms with Crippen LogP contribution >= 0.6 is 15.9 Å². The fourth-order valence-corrected chi connectivity index (χ4v) is 3.25. The van der Waals surface area contributed by atoms with Crippen LogP contribution in [-0.4, -0.2) is 12.4 Å². The summed E-state index contributed by atoms with van der Waals surface area (Å²) in [5.41, 5.74) is 2.47. The molecule has 0 atom stereocenters. The Morgan fingerprint density at radius 3 is 2.38 bits per heavy atom. The number of halogens is 1. The zero-order valence-corrected chi connectivity index (χ0v) is 17.4. The molecule has 0 unspecified atom stereocenters. The largest absolute Gasteiger partial charge is 0.494 e. The van der Waals surface area contributed by atoms with Gasteiger partial charge in [-0.05, 0) is 60.5 Å². The molecule has 1 heterocycles. The number of allylic oxidation sites excluding steroid dienone is 1. The van der Waals surface area contributed by atoms with Crippen molar-refractivity contribution >= 4 is 27.8 Å². The van der Waals surface area contributed by atoms with Crippen molar-refractivity contribution in [3.05, 3.63) is 93.7 Å². The van der Waals surface area contributed by atoms with Crippen LogP contribution in [0.2, 0.25) is 0 Å². The van der Waals surface area contributed by atoms with Crippen LogP contribution in [0, 0.1) is 0 Å². The highest BCUT2D eigenvalue weighted by atomic mass is 79.9. The maximum absolute atomic E-state index is 12.6. The van der Waals surface area contributed by atoms with Crippen molar-refractivity contribution in [2.75, 3.05) is 6.61 Å². The number of ketones is 1. The third-order valence-corrected chi connectivity index (χ3v) is 4.98. The van der Waals surface area contributed by atoms with Gasteiger partial charge in [-0.25, -0.2) is 0 Å². The van der Waals surface area contributed by atoms with Gasteiger partial charge in [-0.15, -0.1) is 0 Å². The molecular weight excluding hydrogens is 432 g/mol. The summed E-state index contributed by atoms with van der Waals surface area (Å²) in [7, 11) is 0. The van der Waals surface area contributed by atoms with Gasteiger partial charge in [-0.1, -0.05) is 40.2 Å². The lowest BCUT2D eigenvalue weighted by Crippen LogP contribution is -1.98. The standard InChI is InChI=1S/C24H19BrO4/c1-2-27-19-9-5-16(6-10-19)13-23-24(26)21-12-11-20(14-22(21)29-23)28-15-17-3-7-18(25)8-4-17/h3-14H,2,15H2,1H3. The van der Waals surface area contributed by atoms with Crippen molar-refractivity contribution in [1.29, 1.82) is 0 Å². The van der Waals surface area contributed by atoms with Crippen LogP contribution in [0.4, 0.5) is 0 Å². The van der Waals surface area contributed by atoms with Crippen molar-refractivity contribution < 1.29 is 19.0 Å². The zero-order valence-electron chi connectivity index (χ0n) is 15.9. The average Bonchev–Trinajstić information content (AvgIpc) is 3.04. The van der Waals surface area contributed by atoms with Gasteiger partial charge in [0.1, 0.15) is 23.9 Å². The molecule has 0 fully saturated rings. The van der Waals surface area contributed by atoms with Gasteiger partial charge in [-0.2, -0.15) is 0 Å². The van der Waals surface area contributed by atoms with Gasteiger partial charge >= 0.3 is 0 Å². The maximum Gasteiger partial charge on any atom is 0.231 e. The number of fused-ring (bicyclic) bond motifs is 1. The molecule has 0 radical (unpaired) electrons. The van der Waals surface area contributed by atoms with Gasteiger partial charge in [0.15, 0.2) is 5.76 Å². The first-order valence-corrected chi connectivity index (χ1v) is 10.1. The van der Waals surface area contributed by atoms with Crippen LogP contribution in [0.5, 0.6) is 17.2 Å². The van der Waals surface area contributed by atoms with E-state index in [1.54, 1.807) is 24.3 Å². The first kappa shape index (κ1) is 19.3. The molecule has 4 rings (SSSR count). The smallest absolute Gasteiger partial charge is 0.231 e. The van der Waals surface area contributed by atoms with Gasteiger partial charge in [0.05, 0.1) is 12.2 Å². The lowest BCUT2D eigenvalue weighted by Gasteiger charge is -2.07. The average molecular weight is 451 g/mol. The van der Waals surface area contributed by atoms with Crippen LogP contribution in [-0.2, 0) is 6.61 Å². The van der Waals surface area contributed by atoms with Crippen LogP contribution in [0.3, 0.4) is 0 Å². The minimum atomic E-state index is -0.131. The van der Waals surface area contributed by atoms with Gasteiger partial charge in [0.2, 0.25) is 5.78 Å². The highest BCUT2D eigenvalue weighted by Crippen LogP contribution is 2.35. The molecule has 0 bridgehead atoms. The molecule has 0 aromatic heterocycles. The third kappa shape index (κ3) is 4.51. The normalized spacial score (nSPS) is 13.9. The van der Waals surface area contributed by atoms with E-state index in [1.165, 1.54) is 0 Å². The van der Waals surface area contributed by atoms with Crippen molar-refractivity contribution in [3.8, 4) is 17.2 Å². The van der Waals surface area contributed by atoms with Crippen molar-refractivity contribution in [3.63, 3.8) is 0 Å². The number of rotatable bonds is 6. The topological polar surface area (TPSA) is 44.8 Å². The predicted octanol–water partition coefficient (Wildman–Crippen LogP) is 6.04. The van der Waals surface area contributed by atoms with Crippen molar-refractivity contribution in [2.45, 2.75) is 13.5 Å². The fourth-order valence-electron chi connectivity index (χ4n) is 2.98. The number of carbonyl (C=O) groups excluding carboxylic acids is 1. The number of hydrogen-bond acceptors (Lipinski definition) is 4. The second-order valence-electron chi connectivity index (χ2n) is 6.51. The molecule has 0 N–H and O–H groups in total. The molecule has 0 saturated carbocycles. The second kappa shape index (κ2) is 8.53. The molecule has 1 aliphatic heterocycles. The summed E-state index contributed by atoms with van der Waals surface area (Å²) in [6.07, 6.45) is 1.74. The van der Waals surface area contributed by atoms with Gasteiger partial charge in [-0.3, -0.25) is 4.79 Å². The number of hydrogen-bond donors (Lipinski definition) is 0. The number of Topliss-reactive ketones (excluding diaryl/α,β-unsaturated/α-hetero) is 1. The van der Waals surface area contributed by atoms with Crippen molar-refractivity contribution in [1.82, 2.24) is 0 Å². The minimum absolute atomic E-state index is 0.131. The molecule has 146 valence electrons. The number of benzene rings is 3. The Morgan fingerprint density at radius 1 is 0.931 bits per heavy atom. The molecule has 0 amide bonds. The summed E-state index contributed by atoms with van der Waals surface area (Å²) in [6, 6.07) is 20.8. The van der Waals surface area contributed by atoms with E-state index in [0.717, 1.165) is 21.3 Å². The van der Waals surface area contributed by atoms with E-state index in [9.17, 15) is 4.79 Å². The third-order valence-electron chi connectivity index (χ3n) is 4.45. The summed E-state index contributed by atoms with van der Waals surface area (Å²) < 4.78 is 18.1. The van der Waals surface area contributed by atoms with E-state index in [1.807, 2.05) is 55.5 Å². The van der Waals surface area contributed by atoms with E-state index < -0.39 is 0 Å². The highest BCUT2D eigenvalue weighted by Gasteiger charge is 2.27. The second-order valence-corrected chi connectivity index (χ2v) is 7.43. The van der Waals surface area contributed by atoms with Gasteiger partial charge in [0, 0.05) is 10.5 Å². The van der Waals surface area contributed by atoms with E-state index in [2.05, 4.69) is 15.9 Å². The van der Waals surface area contributed by atoms with Crippen LogP contribution in [0.15, 0.2) is 77.0 Å². The summed E-state index contributed by atoms with van der Waals surface area (Å²) in [6.45, 7) is 2.99. The SMILES string of the molecule is CCOc1ccc(C=C2Oc3cc(OCc4ccc(Br)cc4)ccc3C2=O)cc1. The van der Waals surface area contributed by atoms with Gasteiger partial charge < -0.3 is 14.2 Å². The highest BCUT2D eigenvalue weighted by molar-refractivity contribution is 9.10.